The molecule has 1 aliphatic carbocycles. The van der Waals surface area contributed by atoms with E-state index < -0.39 is 5.54 Å². The maximum absolute atomic E-state index is 13.5. The predicted molar refractivity (Wildman–Crippen MR) is 128 cm³/mol. The van der Waals surface area contributed by atoms with Gasteiger partial charge in [-0.05, 0) is 56.5 Å². The van der Waals surface area contributed by atoms with Gasteiger partial charge in [-0.3, -0.25) is 14.9 Å². The molecule has 7 nitrogen and oxygen atoms in total. The highest BCUT2D eigenvalue weighted by Gasteiger charge is 2.41. The zero-order chi connectivity index (χ0) is 24.3. The molecule has 0 radical (unpaired) electrons. The van der Waals surface area contributed by atoms with E-state index in [9.17, 15) is 14.0 Å². The predicted octanol–water partition coefficient (Wildman–Crippen LogP) is 4.64. The highest BCUT2D eigenvalue weighted by atomic mass is 19.1. The first kappa shape index (κ1) is 23.6. The summed E-state index contributed by atoms with van der Waals surface area (Å²) < 4.78 is 15.2. The molecule has 0 atom stereocenters. The van der Waals surface area contributed by atoms with E-state index in [4.69, 9.17) is 0 Å². The summed E-state index contributed by atoms with van der Waals surface area (Å²) in [5.74, 6) is -0.164. The number of amides is 2. The lowest BCUT2D eigenvalue weighted by Crippen LogP contribution is -2.58. The standard InChI is InChI=1S/C26H30FN5O2/c1-18(33)32(22-11-7-8-12-22)26(2,3)24(34)29-25-28-23(20-13-15-21(27)16-14-20)31(30-25)17-19-9-5-4-6-10-19/h4-6,9-10,13-16,22H,7-8,11-12,17H2,1-3H3,(H,29,30,34). The third-order valence-electron chi connectivity index (χ3n) is 6.36. The van der Waals surface area contributed by atoms with E-state index in [0.29, 0.717) is 17.9 Å². The number of nitrogens with zero attached hydrogens (tertiary/aromatic N) is 4. The van der Waals surface area contributed by atoms with E-state index in [1.807, 2.05) is 30.3 Å². The molecule has 8 heteroatoms. The maximum Gasteiger partial charge on any atom is 0.252 e. The first-order chi connectivity index (χ1) is 16.3. The van der Waals surface area contributed by atoms with Crippen molar-refractivity contribution in [1.29, 1.82) is 0 Å². The second-order valence-corrected chi connectivity index (χ2v) is 9.25. The normalized spacial score (nSPS) is 14.2. The number of halogens is 1. The molecule has 34 heavy (non-hydrogen) atoms. The van der Waals surface area contributed by atoms with Crippen LogP contribution >= 0.6 is 0 Å². The van der Waals surface area contributed by atoms with Crippen LogP contribution in [0, 0.1) is 5.82 Å². The number of nitrogens with one attached hydrogen (secondary N) is 1. The fraction of sp³-hybridized carbons (Fsp3) is 0.385. The molecule has 0 unspecified atom stereocenters. The number of hydrogen-bond donors (Lipinski definition) is 1. The minimum Gasteiger partial charge on any atom is -0.326 e. The molecule has 4 rings (SSSR count). The zero-order valence-corrected chi connectivity index (χ0v) is 19.8. The Kier molecular flexibility index (Phi) is 6.77. The van der Waals surface area contributed by atoms with Crippen LogP contribution in [0.15, 0.2) is 54.6 Å². The van der Waals surface area contributed by atoms with Crippen LogP contribution in [-0.2, 0) is 16.1 Å². The van der Waals surface area contributed by atoms with Crippen molar-refractivity contribution in [3.05, 3.63) is 66.0 Å². The Balaban J connectivity index is 1.63. The fourth-order valence-corrected chi connectivity index (χ4v) is 4.71. The summed E-state index contributed by atoms with van der Waals surface area (Å²) in [5.41, 5.74) is 0.626. The Bertz CT molecular complexity index is 1150. The zero-order valence-electron chi connectivity index (χ0n) is 19.8. The van der Waals surface area contributed by atoms with Gasteiger partial charge in [-0.15, -0.1) is 5.10 Å². The largest absolute Gasteiger partial charge is 0.326 e. The van der Waals surface area contributed by atoms with E-state index in [1.165, 1.54) is 19.1 Å². The molecule has 0 bridgehead atoms. The molecule has 1 aliphatic rings. The number of carbonyl (C=O) groups excluding carboxylic acids is 2. The van der Waals surface area contributed by atoms with Gasteiger partial charge in [0.2, 0.25) is 11.9 Å². The summed E-state index contributed by atoms with van der Waals surface area (Å²) in [6.45, 7) is 5.45. The van der Waals surface area contributed by atoms with Gasteiger partial charge in [0.1, 0.15) is 11.4 Å². The molecule has 2 amide bonds. The SMILES string of the molecule is CC(=O)N(C1CCCC1)C(C)(C)C(=O)Nc1nc(-c2ccc(F)cc2)n(Cc2ccccc2)n1. The van der Waals surface area contributed by atoms with Crippen molar-refractivity contribution >= 4 is 17.8 Å². The van der Waals surface area contributed by atoms with Gasteiger partial charge in [0.05, 0.1) is 6.54 Å². The molecule has 1 fully saturated rings. The quantitative estimate of drug-likeness (QED) is 0.554. The minimum absolute atomic E-state index is 0.0524. The van der Waals surface area contributed by atoms with Crippen LogP contribution < -0.4 is 5.32 Å². The van der Waals surface area contributed by atoms with Gasteiger partial charge in [0.25, 0.3) is 5.91 Å². The first-order valence-corrected chi connectivity index (χ1v) is 11.6. The number of aromatic nitrogens is 3. The fourth-order valence-electron chi connectivity index (χ4n) is 4.71. The summed E-state index contributed by atoms with van der Waals surface area (Å²) in [4.78, 5) is 32.1. The van der Waals surface area contributed by atoms with Gasteiger partial charge in [0, 0.05) is 18.5 Å². The maximum atomic E-state index is 13.5. The number of hydrogen-bond acceptors (Lipinski definition) is 4. The molecule has 0 saturated heterocycles. The van der Waals surface area contributed by atoms with E-state index in [1.54, 1.807) is 35.6 Å². The Morgan fingerprint density at radius 1 is 1.09 bits per heavy atom. The van der Waals surface area contributed by atoms with Gasteiger partial charge in [-0.2, -0.15) is 4.98 Å². The third kappa shape index (κ3) is 5.00. The number of anilines is 1. The van der Waals surface area contributed by atoms with Crippen molar-refractivity contribution in [2.24, 2.45) is 0 Å². The minimum atomic E-state index is -1.07. The van der Waals surface area contributed by atoms with Crippen molar-refractivity contribution in [3.63, 3.8) is 0 Å². The second kappa shape index (κ2) is 9.75. The third-order valence-corrected chi connectivity index (χ3v) is 6.36. The second-order valence-electron chi connectivity index (χ2n) is 9.25. The Labute approximate surface area is 199 Å². The summed E-state index contributed by atoms with van der Waals surface area (Å²) in [7, 11) is 0. The first-order valence-electron chi connectivity index (χ1n) is 11.6. The lowest BCUT2D eigenvalue weighted by atomic mass is 9.97. The van der Waals surface area contributed by atoms with Crippen molar-refractivity contribution in [1.82, 2.24) is 19.7 Å². The monoisotopic (exact) mass is 463 g/mol. The highest BCUT2D eigenvalue weighted by molar-refractivity contribution is 5.98. The van der Waals surface area contributed by atoms with Gasteiger partial charge >= 0.3 is 0 Å². The average molecular weight is 464 g/mol. The van der Waals surface area contributed by atoms with Gasteiger partial charge in [0.15, 0.2) is 5.82 Å². The molecule has 2 aromatic carbocycles. The van der Waals surface area contributed by atoms with Crippen LogP contribution in [0.5, 0.6) is 0 Å². The summed E-state index contributed by atoms with van der Waals surface area (Å²) >= 11 is 0. The number of carbonyl (C=O) groups is 2. The van der Waals surface area contributed by atoms with Crippen LogP contribution in [0.25, 0.3) is 11.4 Å². The van der Waals surface area contributed by atoms with Crippen LogP contribution in [0.4, 0.5) is 10.3 Å². The van der Waals surface area contributed by atoms with Gasteiger partial charge in [-0.25, -0.2) is 9.07 Å². The highest BCUT2D eigenvalue weighted by Crippen LogP contribution is 2.30. The molecule has 1 aromatic heterocycles. The van der Waals surface area contributed by atoms with E-state index >= 15 is 0 Å². The Hall–Kier alpha value is -3.55. The van der Waals surface area contributed by atoms with Crippen LogP contribution in [0.1, 0.15) is 52.0 Å². The van der Waals surface area contributed by atoms with Gasteiger partial charge < -0.3 is 4.90 Å². The molecular weight excluding hydrogens is 433 g/mol. The van der Waals surface area contributed by atoms with Crippen molar-refractivity contribution in [2.45, 2.75) is 64.6 Å². The van der Waals surface area contributed by atoms with E-state index in [-0.39, 0.29) is 29.6 Å². The molecular formula is C26H30FN5O2. The van der Waals surface area contributed by atoms with Crippen molar-refractivity contribution < 1.29 is 14.0 Å². The van der Waals surface area contributed by atoms with Crippen molar-refractivity contribution in [2.75, 3.05) is 5.32 Å². The van der Waals surface area contributed by atoms with Crippen LogP contribution in [0.2, 0.25) is 0 Å². The smallest absolute Gasteiger partial charge is 0.252 e. The molecule has 0 spiro atoms. The van der Waals surface area contributed by atoms with Crippen LogP contribution in [-0.4, -0.2) is 43.1 Å². The molecule has 178 valence electrons. The average Bonchev–Trinajstić information content (AvgIpc) is 3.45. The molecule has 1 N–H and O–H groups in total. The lowest BCUT2D eigenvalue weighted by molar-refractivity contribution is -0.145. The lowest BCUT2D eigenvalue weighted by Gasteiger charge is -2.40. The van der Waals surface area contributed by atoms with Gasteiger partial charge in [-0.1, -0.05) is 43.2 Å². The Morgan fingerprint density at radius 3 is 2.35 bits per heavy atom. The summed E-state index contributed by atoms with van der Waals surface area (Å²) in [6.07, 6.45) is 3.90. The summed E-state index contributed by atoms with van der Waals surface area (Å²) in [5, 5.41) is 7.35. The topological polar surface area (TPSA) is 80.1 Å². The number of benzene rings is 2. The van der Waals surface area contributed by atoms with Crippen molar-refractivity contribution in [3.8, 4) is 11.4 Å². The molecule has 1 heterocycles. The molecule has 0 aliphatic heterocycles. The summed E-state index contributed by atoms with van der Waals surface area (Å²) in [6, 6.07) is 15.8. The van der Waals surface area contributed by atoms with E-state index in [0.717, 1.165) is 31.2 Å². The molecule has 1 saturated carbocycles. The van der Waals surface area contributed by atoms with Crippen LogP contribution in [0.3, 0.4) is 0 Å². The Morgan fingerprint density at radius 2 is 1.74 bits per heavy atom. The van der Waals surface area contributed by atoms with E-state index in [2.05, 4.69) is 15.4 Å². The molecule has 3 aromatic rings. The number of rotatable bonds is 7.